The lowest BCUT2D eigenvalue weighted by atomic mass is 9.52. The van der Waals surface area contributed by atoms with Crippen LogP contribution in [0.2, 0.25) is 0 Å². The summed E-state index contributed by atoms with van der Waals surface area (Å²) < 4.78 is 23.3. The van der Waals surface area contributed by atoms with E-state index in [1.54, 1.807) is 7.11 Å². The number of benzene rings is 2. The number of hydrogen-bond donors (Lipinski definition) is 2. The van der Waals surface area contributed by atoms with E-state index in [1.165, 1.54) is 41.6 Å². The number of rotatable bonds is 11. The topological polar surface area (TPSA) is 81.3 Å². The van der Waals surface area contributed by atoms with Crippen LogP contribution in [0.3, 0.4) is 0 Å². The van der Waals surface area contributed by atoms with Crippen LogP contribution >= 0.6 is 0 Å². The molecule has 2 aromatic carbocycles. The second kappa shape index (κ2) is 16.7. The van der Waals surface area contributed by atoms with Crippen molar-refractivity contribution in [3.8, 4) is 11.5 Å². The van der Waals surface area contributed by atoms with Crippen molar-refractivity contribution < 1.29 is 23.7 Å². The molecular weight excluding hydrogens is 602 g/mol. The molecule has 8 heteroatoms. The fraction of sp³-hybridized carbons (Fsp3) is 0.625. The summed E-state index contributed by atoms with van der Waals surface area (Å²) in [5.41, 5.74) is 6.53. The molecule has 0 saturated carbocycles. The van der Waals surface area contributed by atoms with Crippen LogP contribution in [0.1, 0.15) is 94.3 Å². The zero-order valence-corrected chi connectivity index (χ0v) is 28.4. The molecule has 8 nitrogen and oxygen atoms in total. The number of nitrogens with zero attached hydrogens (tertiary/aromatic N) is 1. The lowest BCUT2D eigenvalue weighted by molar-refractivity contribution is -0.00815. The Morgan fingerprint density at radius 2 is 1.94 bits per heavy atom. The van der Waals surface area contributed by atoms with E-state index in [4.69, 9.17) is 18.9 Å². The Labute approximate surface area is 289 Å². The normalized spacial score (nSPS) is 26.7. The first-order valence-corrected chi connectivity index (χ1v) is 17.4. The van der Waals surface area contributed by atoms with Crippen molar-refractivity contribution in [2.24, 2.45) is 5.92 Å². The molecule has 266 valence electrons. The molecule has 2 N–H and O–H groups in total. The average Bonchev–Trinajstić information content (AvgIpc) is 3.73. The van der Waals surface area contributed by atoms with E-state index >= 15 is 0 Å². The molecule has 6 atom stereocenters. The number of likely N-dealkylation sites (N-methyl/N-ethyl adjacent to an activating group) is 1. The predicted molar refractivity (Wildman–Crippen MR) is 195 cm³/mol. The largest absolute Gasteiger partial charge is 0.493 e. The third kappa shape index (κ3) is 7.32. The minimum atomic E-state index is -0.0532. The number of hydrogen-bond acceptors (Lipinski definition) is 7. The summed E-state index contributed by atoms with van der Waals surface area (Å²) in [5, 5.41) is 6.14. The van der Waals surface area contributed by atoms with Crippen molar-refractivity contribution in [2.45, 2.75) is 97.3 Å². The molecule has 1 amide bonds. The molecule has 5 aliphatic rings. The minimum Gasteiger partial charge on any atom is -0.493 e. The maximum Gasteiger partial charge on any atom is 0.251 e. The lowest BCUT2D eigenvalue weighted by Crippen LogP contribution is -2.63. The van der Waals surface area contributed by atoms with E-state index in [1.807, 2.05) is 24.3 Å². The Kier molecular flexibility index (Phi) is 13.2. The van der Waals surface area contributed by atoms with Gasteiger partial charge < -0.3 is 34.5 Å². The third-order valence-corrected chi connectivity index (χ3v) is 11.2. The maximum absolute atomic E-state index is 12.1. The molecule has 2 aliphatic carbocycles. The van der Waals surface area contributed by atoms with Crippen LogP contribution in [0.4, 0.5) is 0 Å². The summed E-state index contributed by atoms with van der Waals surface area (Å²) in [5.74, 6) is 3.10. The van der Waals surface area contributed by atoms with Crippen LogP contribution in [0.25, 0.3) is 0 Å². The summed E-state index contributed by atoms with van der Waals surface area (Å²) in [6.07, 6.45) is 8.68. The lowest BCUT2D eigenvalue weighted by Gasteiger charge is -2.57. The number of amides is 1. The van der Waals surface area contributed by atoms with Crippen LogP contribution in [0, 0.1) is 5.92 Å². The molecule has 1 spiro atoms. The Morgan fingerprint density at radius 3 is 2.65 bits per heavy atom. The van der Waals surface area contributed by atoms with E-state index < -0.39 is 0 Å². The maximum atomic E-state index is 12.1. The Bertz CT molecular complexity index is 1390. The fourth-order valence-electron chi connectivity index (χ4n) is 8.41. The molecule has 2 bridgehead atoms. The molecule has 2 fully saturated rings. The number of piperidine rings is 1. The van der Waals surface area contributed by atoms with Crippen LogP contribution in [-0.4, -0.2) is 89.2 Å². The Balaban J connectivity index is 0.000000208. The average molecular weight is 664 g/mol. The van der Waals surface area contributed by atoms with Gasteiger partial charge in [0, 0.05) is 35.7 Å². The number of nitrogens with one attached hydrogen (secondary N) is 2. The van der Waals surface area contributed by atoms with Gasteiger partial charge in [-0.25, -0.2) is 0 Å². The number of carbonyl (C=O) groups is 1. The van der Waals surface area contributed by atoms with Gasteiger partial charge >= 0.3 is 0 Å². The van der Waals surface area contributed by atoms with Crippen LogP contribution < -0.4 is 20.1 Å². The number of allylic oxidation sites excluding steroid dienone is 1. The Hall–Kier alpha value is -2.91. The quantitative estimate of drug-likeness (QED) is 0.209. The van der Waals surface area contributed by atoms with Crippen molar-refractivity contribution in [1.29, 1.82) is 0 Å². The second-order valence-electron chi connectivity index (χ2n) is 13.7. The van der Waals surface area contributed by atoms with Crippen LogP contribution in [-0.2, 0) is 21.3 Å². The number of ether oxygens (including phenoxy) is 4. The van der Waals surface area contributed by atoms with E-state index in [0.717, 1.165) is 43.9 Å². The first kappa shape index (κ1) is 37.9. The molecule has 0 aromatic heterocycles. The predicted octanol–water partition coefficient (Wildman–Crippen LogP) is 6.52. The van der Waals surface area contributed by atoms with Gasteiger partial charge in [-0.1, -0.05) is 53.0 Å². The summed E-state index contributed by atoms with van der Waals surface area (Å²) in [4.78, 5) is 14.6. The number of methoxy groups -OCH3 is 1. The van der Waals surface area contributed by atoms with Gasteiger partial charge in [0.15, 0.2) is 11.5 Å². The van der Waals surface area contributed by atoms with Crippen LogP contribution in [0.5, 0.6) is 11.5 Å². The van der Waals surface area contributed by atoms with E-state index in [-0.39, 0.29) is 32.3 Å². The summed E-state index contributed by atoms with van der Waals surface area (Å²) in [6, 6.07) is 12.9. The standard InChI is InChI=1S/C19H30N2O3.C19H23NO2.2CH4/c1-3-15(2)16-4-6-17(7-5-16)19(22)21-10-11-23-12-13-24-18-8-9-20-14-18;1-11-4-6-13-14-10-12-5-7-15(21-3)17-16(12)19(13,18(11)22-17)8-9-20(14)2;;/h4-7,15,18,20H,3,8-14H2,1-2H3,(H,21,22);4-5,7,13-14,18H,6,8-10H2,1-3H3;2*1H4/t;13?,14-,18+,19+;;/m.1../s1. The van der Waals surface area contributed by atoms with Gasteiger partial charge in [-0.05, 0) is 106 Å². The summed E-state index contributed by atoms with van der Waals surface area (Å²) in [7, 11) is 4.05. The molecule has 3 unspecified atom stereocenters. The monoisotopic (exact) mass is 663 g/mol. The van der Waals surface area contributed by atoms with Gasteiger partial charge in [-0.3, -0.25) is 4.79 Å². The highest BCUT2D eigenvalue weighted by atomic mass is 16.5. The highest BCUT2D eigenvalue weighted by molar-refractivity contribution is 5.94. The second-order valence-corrected chi connectivity index (χ2v) is 13.7. The minimum absolute atomic E-state index is 0. The fourth-order valence-corrected chi connectivity index (χ4v) is 8.41. The smallest absolute Gasteiger partial charge is 0.251 e. The van der Waals surface area contributed by atoms with E-state index in [9.17, 15) is 4.79 Å². The van der Waals surface area contributed by atoms with Crippen molar-refractivity contribution in [3.63, 3.8) is 0 Å². The van der Waals surface area contributed by atoms with Crippen molar-refractivity contribution >= 4 is 5.91 Å². The molecule has 2 saturated heterocycles. The zero-order valence-electron chi connectivity index (χ0n) is 28.4. The molecule has 0 radical (unpaired) electrons. The van der Waals surface area contributed by atoms with Gasteiger partial charge in [-0.15, -0.1) is 0 Å². The first-order chi connectivity index (χ1) is 22.4. The van der Waals surface area contributed by atoms with E-state index in [2.05, 4.69) is 61.6 Å². The zero-order chi connectivity index (χ0) is 32.3. The third-order valence-electron chi connectivity index (χ3n) is 11.2. The van der Waals surface area contributed by atoms with Crippen molar-refractivity contribution in [1.82, 2.24) is 15.5 Å². The van der Waals surface area contributed by atoms with Crippen LogP contribution in [0.15, 0.2) is 48.0 Å². The molecule has 2 aromatic rings. The van der Waals surface area contributed by atoms with Crippen molar-refractivity contribution in [3.05, 3.63) is 70.3 Å². The van der Waals surface area contributed by atoms with Gasteiger partial charge in [-0.2, -0.15) is 0 Å². The Morgan fingerprint density at radius 1 is 1.15 bits per heavy atom. The van der Waals surface area contributed by atoms with Gasteiger partial charge in [0.05, 0.1) is 33.0 Å². The number of likely N-dealkylation sites (tertiary alicyclic amines) is 1. The molecule has 3 heterocycles. The van der Waals surface area contributed by atoms with Gasteiger partial charge in [0.25, 0.3) is 5.91 Å². The molecule has 3 aliphatic heterocycles. The van der Waals surface area contributed by atoms with E-state index in [0.29, 0.717) is 55.9 Å². The summed E-state index contributed by atoms with van der Waals surface area (Å²) >= 11 is 0. The SMILES string of the molecule is C.C.CCC(C)c1ccc(C(=O)NCCOCCOC2CCNC2)cc1.COc1ccc2c3c1O[C@H]1C(C)=CCC4[C@@H](C2)N(C)CC[C@@]341. The highest BCUT2D eigenvalue weighted by Gasteiger charge is 2.63. The molecule has 48 heavy (non-hydrogen) atoms. The first-order valence-electron chi connectivity index (χ1n) is 17.4. The van der Waals surface area contributed by atoms with Crippen molar-refractivity contribution in [2.75, 3.05) is 60.2 Å². The number of carbonyl (C=O) groups excluding carboxylic acids is 1. The highest BCUT2D eigenvalue weighted by Crippen LogP contribution is 2.63. The molecule has 7 rings (SSSR count). The van der Waals surface area contributed by atoms with Gasteiger partial charge in [0.2, 0.25) is 0 Å². The molecular formula is C40H61N3O5. The summed E-state index contributed by atoms with van der Waals surface area (Å²) in [6.45, 7) is 11.9. The van der Waals surface area contributed by atoms with Gasteiger partial charge in [0.1, 0.15) is 6.10 Å².